The van der Waals surface area contributed by atoms with E-state index in [9.17, 15) is 0 Å². The Morgan fingerprint density at radius 1 is 0.659 bits per heavy atom. The molecule has 1 unspecified atom stereocenters. The van der Waals surface area contributed by atoms with Crippen LogP contribution in [0.5, 0.6) is 0 Å². The Kier molecular flexibility index (Phi) is 11.5. The molecule has 0 amide bonds. The zero-order valence-electron chi connectivity index (χ0n) is 28.8. The molecule has 0 saturated carbocycles. The summed E-state index contributed by atoms with van der Waals surface area (Å²) in [5.74, 6) is 0.554. The number of fused-ring (bicyclic) bond motifs is 3. The summed E-state index contributed by atoms with van der Waals surface area (Å²) in [6.45, 7) is 26.1. The molecule has 0 aromatic heterocycles. The quantitative estimate of drug-likeness (QED) is 0.329. The molecular weight excluding hydrogens is 655 g/mol. The molecule has 1 atom stereocenters. The fraction of sp³-hybridized carbons (Fsp3) is 0.439. The Morgan fingerprint density at radius 3 is 1.57 bits per heavy atom. The molecule has 5 rings (SSSR count). The smallest absolute Gasteiger partial charge is 1.00 e. The van der Waals surface area contributed by atoms with Crippen LogP contribution < -0.4 is 24.8 Å². The molecule has 0 spiro atoms. The maximum Gasteiger partial charge on any atom is -1.00 e. The summed E-state index contributed by atoms with van der Waals surface area (Å²) in [5, 5.41) is 0. The number of rotatable bonds is 5. The van der Waals surface area contributed by atoms with Gasteiger partial charge in [0.05, 0.1) is 0 Å². The van der Waals surface area contributed by atoms with Crippen LogP contribution in [-0.4, -0.2) is 3.71 Å². The summed E-state index contributed by atoms with van der Waals surface area (Å²) in [6.07, 6.45) is 4.99. The first-order valence-corrected chi connectivity index (χ1v) is 20.2. The Labute approximate surface area is 288 Å². The molecule has 0 saturated heterocycles. The van der Waals surface area contributed by atoms with E-state index in [1.54, 1.807) is 22.3 Å². The summed E-state index contributed by atoms with van der Waals surface area (Å²) in [7, 11) is 0. The van der Waals surface area contributed by atoms with E-state index in [2.05, 4.69) is 153 Å². The van der Waals surface area contributed by atoms with Gasteiger partial charge in [0.15, 0.2) is 0 Å². The van der Waals surface area contributed by atoms with Crippen molar-refractivity contribution in [2.45, 2.75) is 103 Å². The Hall–Kier alpha value is -1.53. The van der Waals surface area contributed by atoms with Crippen molar-refractivity contribution < 1.29 is 46.1 Å². The van der Waals surface area contributed by atoms with Crippen molar-refractivity contribution in [1.82, 2.24) is 0 Å². The average Bonchev–Trinajstić information content (AvgIpc) is 3.46. The van der Waals surface area contributed by atoms with Gasteiger partial charge in [-0.15, -0.1) is 0 Å². The van der Waals surface area contributed by atoms with Crippen LogP contribution in [0.4, 0.5) is 0 Å². The van der Waals surface area contributed by atoms with E-state index in [0.717, 1.165) is 6.42 Å². The van der Waals surface area contributed by atoms with Crippen LogP contribution in [0.25, 0.3) is 11.1 Å². The molecule has 0 N–H and O–H groups in total. The van der Waals surface area contributed by atoms with E-state index >= 15 is 0 Å². The zero-order valence-corrected chi connectivity index (χ0v) is 32.8. The van der Waals surface area contributed by atoms with Gasteiger partial charge in [-0.2, -0.15) is 0 Å². The van der Waals surface area contributed by atoms with Crippen molar-refractivity contribution in [3.8, 4) is 11.1 Å². The molecular formula is C41H52Cl2Zr. The first-order chi connectivity index (χ1) is 19.6. The van der Waals surface area contributed by atoms with Crippen LogP contribution in [0.15, 0.2) is 87.2 Å². The van der Waals surface area contributed by atoms with E-state index in [4.69, 9.17) is 0 Å². The molecule has 44 heavy (non-hydrogen) atoms. The number of hydrogen-bond acceptors (Lipinski definition) is 0. The van der Waals surface area contributed by atoms with Crippen LogP contribution in [0.2, 0.25) is 0 Å². The SMILES string of the molecule is CCC1=[C](/[Zr+2](=[CH]/c2ccccc2)[CH]2c3ccc(C(C)(C)C)cc3-c3cc(C(C)(C)C)ccc32)C(CC)C=C1C(C)(C)C.[Cl-].[Cl-]. The van der Waals surface area contributed by atoms with Crippen molar-refractivity contribution in [3.05, 3.63) is 115 Å². The van der Waals surface area contributed by atoms with E-state index < -0.39 is 21.3 Å². The van der Waals surface area contributed by atoms with Gasteiger partial charge in [0.1, 0.15) is 0 Å². The molecule has 0 aliphatic heterocycles. The molecule has 234 valence electrons. The molecule has 3 aromatic rings. The van der Waals surface area contributed by atoms with Crippen molar-refractivity contribution >= 4 is 3.71 Å². The van der Waals surface area contributed by atoms with Crippen LogP contribution in [0.1, 0.15) is 120 Å². The first-order valence-electron chi connectivity index (χ1n) is 16.2. The minimum absolute atomic E-state index is 0. The summed E-state index contributed by atoms with van der Waals surface area (Å²) in [6, 6.07) is 26.3. The van der Waals surface area contributed by atoms with Gasteiger partial charge >= 0.3 is 266 Å². The number of benzene rings is 3. The molecule has 0 heterocycles. The summed E-state index contributed by atoms with van der Waals surface area (Å²) >= 11 is -2.54. The molecule has 0 bridgehead atoms. The second-order valence-corrected chi connectivity index (χ2v) is 21.3. The minimum Gasteiger partial charge on any atom is -1.00 e. The van der Waals surface area contributed by atoms with Crippen molar-refractivity contribution in [1.29, 1.82) is 0 Å². The van der Waals surface area contributed by atoms with E-state index in [1.165, 1.54) is 34.2 Å². The van der Waals surface area contributed by atoms with Crippen LogP contribution in [-0.2, 0) is 32.1 Å². The maximum absolute atomic E-state index is 2.80. The van der Waals surface area contributed by atoms with Gasteiger partial charge in [-0.1, -0.05) is 0 Å². The van der Waals surface area contributed by atoms with Gasteiger partial charge in [-0.3, -0.25) is 0 Å². The average molecular weight is 707 g/mol. The second-order valence-electron chi connectivity index (χ2n) is 15.6. The molecule has 2 aliphatic rings. The summed E-state index contributed by atoms with van der Waals surface area (Å²) in [5.41, 5.74) is 14.1. The molecule has 3 aromatic carbocycles. The second kappa shape index (κ2) is 13.7. The third-order valence-electron chi connectivity index (χ3n) is 9.48. The first kappa shape index (κ1) is 36.9. The molecule has 0 nitrogen and oxygen atoms in total. The monoisotopic (exact) mass is 704 g/mol. The molecule has 0 fully saturated rings. The molecule has 2 aliphatic carbocycles. The Morgan fingerprint density at radius 2 is 1.16 bits per heavy atom. The van der Waals surface area contributed by atoms with Crippen molar-refractivity contribution in [2.75, 3.05) is 0 Å². The van der Waals surface area contributed by atoms with Crippen molar-refractivity contribution in [3.63, 3.8) is 0 Å². The number of halogens is 2. The third kappa shape index (κ3) is 7.07. The third-order valence-corrected chi connectivity index (χ3v) is 17.3. The minimum atomic E-state index is -2.54. The predicted octanol–water partition coefficient (Wildman–Crippen LogP) is 5.50. The van der Waals surface area contributed by atoms with Gasteiger partial charge in [0.2, 0.25) is 0 Å². The van der Waals surface area contributed by atoms with Gasteiger partial charge in [-0.25, -0.2) is 0 Å². The van der Waals surface area contributed by atoms with Crippen molar-refractivity contribution in [2.24, 2.45) is 11.3 Å². The zero-order chi connectivity index (χ0) is 30.6. The van der Waals surface area contributed by atoms with Crippen LogP contribution >= 0.6 is 0 Å². The largest absolute Gasteiger partial charge is 1.00 e. The number of hydrogen-bond donors (Lipinski definition) is 0. The van der Waals surface area contributed by atoms with Crippen LogP contribution in [0, 0.1) is 11.3 Å². The van der Waals surface area contributed by atoms with E-state index in [-0.39, 0.29) is 41.1 Å². The van der Waals surface area contributed by atoms with Gasteiger partial charge in [-0.05, 0) is 0 Å². The maximum atomic E-state index is 2.80. The Balaban J connectivity index is 0.00000264. The molecule has 3 heteroatoms. The van der Waals surface area contributed by atoms with E-state index in [0.29, 0.717) is 9.54 Å². The summed E-state index contributed by atoms with van der Waals surface area (Å²) in [4.78, 5) is 0. The van der Waals surface area contributed by atoms with Gasteiger partial charge < -0.3 is 24.8 Å². The summed E-state index contributed by atoms with van der Waals surface area (Å²) < 4.78 is 5.13. The topological polar surface area (TPSA) is 0 Å². The normalized spacial score (nSPS) is 16.7. The Bertz CT molecular complexity index is 1520. The standard InChI is InChI=1S/C21H25.C13H21.C7H6.2ClH.Zr/c1-20(2,3)16-9-7-14-11-15-8-10-17(21(4,5)6)13-19(15)18(14)12-16;1-6-10-8-11(7-2)12(9-10)13(3,4)5;1-7-5-3-2-4-6-7;;;/h7-13H,1-6H3;9-10H,6-7H2,1-5H3;1-6H;2*1H;/q;;;;;+2/p-2. The van der Waals surface area contributed by atoms with E-state index in [1.807, 2.05) is 3.28 Å². The fourth-order valence-electron chi connectivity index (χ4n) is 7.11. The predicted molar refractivity (Wildman–Crippen MR) is 181 cm³/mol. The van der Waals surface area contributed by atoms with Crippen LogP contribution in [0.3, 0.4) is 0 Å². The van der Waals surface area contributed by atoms with Gasteiger partial charge in [0.25, 0.3) is 0 Å². The van der Waals surface area contributed by atoms with Gasteiger partial charge in [0, 0.05) is 0 Å². The molecule has 0 radical (unpaired) electrons. The number of allylic oxidation sites excluding steroid dienone is 4. The fourth-order valence-corrected chi connectivity index (χ4v) is 16.3.